The van der Waals surface area contributed by atoms with E-state index in [4.69, 9.17) is 29.8 Å². The van der Waals surface area contributed by atoms with Gasteiger partial charge >= 0.3 is 6.09 Å². The molecule has 0 bridgehead atoms. The average Bonchev–Trinajstić information content (AvgIpc) is 2.77. The van der Waals surface area contributed by atoms with Crippen LogP contribution in [0.5, 0.6) is 11.6 Å². The molecule has 11 nitrogen and oxygen atoms in total. The Balaban J connectivity index is 2.33. The number of nitrogens with one attached hydrogen (secondary N) is 3. The number of anilines is 1. The number of imide groups is 1. The SMILES string of the molecule is [2H]C([2H])([2H])C(c1cc(Oc2c(F)cc(N/N=C(/C#N)C(=O)NC(=O)OCC)cc2Cl)n[nH]c1=O)C([2H])([2H])[2H]. The predicted octanol–water partition coefficient (Wildman–Crippen LogP) is 3.04. The summed E-state index contributed by atoms with van der Waals surface area (Å²) in [7, 11) is 0. The molecule has 2 amide bonds. The second kappa shape index (κ2) is 10.9. The second-order valence-electron chi connectivity index (χ2n) is 5.65. The van der Waals surface area contributed by atoms with E-state index in [0.29, 0.717) is 0 Å². The van der Waals surface area contributed by atoms with Gasteiger partial charge in [0.1, 0.15) is 6.07 Å². The third kappa shape index (κ3) is 6.26. The molecule has 0 aliphatic heterocycles. The van der Waals surface area contributed by atoms with E-state index in [1.165, 1.54) is 13.0 Å². The number of aromatic nitrogens is 2. The highest BCUT2D eigenvalue weighted by molar-refractivity contribution is 6.46. The highest BCUT2D eigenvalue weighted by Crippen LogP contribution is 2.34. The Bertz CT molecular complexity index is 1320. The molecule has 0 saturated heterocycles. The number of amides is 2. The Labute approximate surface area is 194 Å². The molecule has 0 aliphatic rings. The molecule has 2 aromatic rings. The number of nitriles is 1. The number of ether oxygens (including phenoxy) is 2. The third-order valence-corrected chi connectivity index (χ3v) is 3.71. The molecular formula is C19H18ClFN6O5. The zero-order chi connectivity index (χ0) is 28.8. The second-order valence-corrected chi connectivity index (χ2v) is 6.06. The van der Waals surface area contributed by atoms with Gasteiger partial charge in [0.15, 0.2) is 11.6 Å². The molecule has 0 fully saturated rings. The lowest BCUT2D eigenvalue weighted by molar-refractivity contribution is -0.114. The molecule has 3 N–H and O–H groups in total. The molecule has 0 unspecified atom stereocenters. The largest absolute Gasteiger partial charge is 0.450 e. The van der Waals surface area contributed by atoms with Gasteiger partial charge in [0.2, 0.25) is 11.6 Å². The fourth-order valence-corrected chi connectivity index (χ4v) is 2.31. The van der Waals surface area contributed by atoms with Crippen LogP contribution in [0.15, 0.2) is 28.1 Å². The Morgan fingerprint density at radius 1 is 1.44 bits per heavy atom. The highest BCUT2D eigenvalue weighted by atomic mass is 35.5. The molecule has 0 aliphatic carbocycles. The number of hydrogen-bond donors (Lipinski definition) is 3. The number of carbonyl (C=O) groups is 2. The van der Waals surface area contributed by atoms with Crippen molar-refractivity contribution in [3.8, 4) is 17.7 Å². The Morgan fingerprint density at radius 2 is 2.19 bits per heavy atom. The summed E-state index contributed by atoms with van der Waals surface area (Å²) >= 11 is 6.04. The normalized spacial score (nSPS) is 14.5. The number of halogens is 2. The van der Waals surface area contributed by atoms with Gasteiger partial charge in [0.25, 0.3) is 11.5 Å². The minimum Gasteiger partial charge on any atom is -0.450 e. The van der Waals surface area contributed by atoms with Crippen LogP contribution in [0, 0.1) is 17.1 Å². The number of alkyl carbamates (subject to hydrolysis) is 1. The lowest BCUT2D eigenvalue weighted by Crippen LogP contribution is -2.36. The number of benzene rings is 1. The van der Waals surface area contributed by atoms with E-state index in [1.807, 2.05) is 5.10 Å². The molecule has 2 rings (SSSR count). The molecule has 1 aromatic heterocycles. The van der Waals surface area contributed by atoms with E-state index < -0.39 is 70.9 Å². The number of hydrazone groups is 1. The lowest BCUT2D eigenvalue weighted by atomic mass is 10.1. The Hall–Kier alpha value is -3.98. The predicted molar refractivity (Wildman–Crippen MR) is 112 cm³/mol. The molecule has 13 heteroatoms. The molecule has 0 spiro atoms. The number of rotatable bonds is 7. The van der Waals surface area contributed by atoms with Gasteiger partial charge in [-0.2, -0.15) is 10.4 Å². The number of H-pyrrole nitrogens is 1. The van der Waals surface area contributed by atoms with E-state index in [2.05, 4.69) is 20.4 Å². The van der Waals surface area contributed by atoms with E-state index in [9.17, 15) is 18.8 Å². The summed E-state index contributed by atoms with van der Waals surface area (Å²) < 4.78 is 69.6. The fourth-order valence-electron chi connectivity index (χ4n) is 2.06. The summed E-state index contributed by atoms with van der Waals surface area (Å²) in [4.78, 5) is 35.3. The zero-order valence-electron chi connectivity index (χ0n) is 22.2. The van der Waals surface area contributed by atoms with Gasteiger partial charge in [-0.15, -0.1) is 5.10 Å². The molecule has 1 heterocycles. The first kappa shape index (κ1) is 16.7. The first-order chi connectivity index (χ1) is 17.6. The number of hydrogen-bond acceptors (Lipinski definition) is 9. The summed E-state index contributed by atoms with van der Waals surface area (Å²) in [5, 5.41) is 19.3. The number of aromatic amines is 1. The molecule has 0 radical (unpaired) electrons. The molecule has 1 aromatic carbocycles. The molecular weight excluding hydrogens is 447 g/mol. The first-order valence-electron chi connectivity index (χ1n) is 11.6. The van der Waals surface area contributed by atoms with Crippen LogP contribution in [0.25, 0.3) is 0 Å². The Kier molecular flexibility index (Phi) is 5.67. The molecule has 0 saturated carbocycles. The van der Waals surface area contributed by atoms with Crippen molar-refractivity contribution in [3.63, 3.8) is 0 Å². The summed E-state index contributed by atoms with van der Waals surface area (Å²) in [6.07, 6.45) is -1.11. The van der Waals surface area contributed by atoms with Gasteiger partial charge < -0.3 is 9.47 Å². The maximum Gasteiger partial charge on any atom is 0.414 e. The van der Waals surface area contributed by atoms with Crippen LogP contribution in [-0.2, 0) is 9.53 Å². The van der Waals surface area contributed by atoms with Crippen molar-refractivity contribution in [3.05, 3.63) is 45.0 Å². The minimum atomic E-state index is -3.09. The maximum atomic E-state index is 14.8. The quantitative estimate of drug-likeness (QED) is 0.411. The number of nitrogens with zero attached hydrogens (tertiary/aromatic N) is 3. The number of carbonyl (C=O) groups excluding carboxylic acids is 2. The van der Waals surface area contributed by atoms with Gasteiger partial charge in [-0.1, -0.05) is 25.3 Å². The van der Waals surface area contributed by atoms with Crippen molar-refractivity contribution < 1.29 is 31.7 Å². The van der Waals surface area contributed by atoms with E-state index in [-0.39, 0.29) is 12.3 Å². The molecule has 0 atom stereocenters. The van der Waals surface area contributed by atoms with Gasteiger partial charge in [-0.3, -0.25) is 20.3 Å². The Morgan fingerprint density at radius 3 is 2.81 bits per heavy atom. The monoisotopic (exact) mass is 470 g/mol. The molecule has 32 heavy (non-hydrogen) atoms. The standard InChI is InChI=1S/C19H18ClFN6O5/c1-4-31-19(30)23-18(29)14(8-22)25-24-10-5-12(20)16(13(21)6-10)32-15-7-11(9(2)3)17(28)27-26-15/h5-7,9,24H,4H2,1-3H3,(H,27,28)(H,23,29,30)/b25-14-/i2D3,3D3. The van der Waals surface area contributed by atoms with Crippen molar-refractivity contribution in [1.82, 2.24) is 15.5 Å². The average molecular weight is 471 g/mol. The van der Waals surface area contributed by atoms with Crippen LogP contribution in [-0.4, -0.2) is 34.5 Å². The van der Waals surface area contributed by atoms with Crippen LogP contribution in [0.3, 0.4) is 0 Å². The van der Waals surface area contributed by atoms with Crippen LogP contribution < -0.4 is 21.0 Å². The summed E-state index contributed by atoms with van der Waals surface area (Å²) in [5.74, 6) is -5.74. The van der Waals surface area contributed by atoms with Crippen molar-refractivity contribution in [2.45, 2.75) is 26.5 Å². The maximum absolute atomic E-state index is 14.8. The van der Waals surface area contributed by atoms with Crippen LogP contribution in [0.4, 0.5) is 14.9 Å². The van der Waals surface area contributed by atoms with Crippen molar-refractivity contribution >= 4 is 35.0 Å². The third-order valence-electron chi connectivity index (χ3n) is 3.43. The summed E-state index contributed by atoms with van der Waals surface area (Å²) in [6, 6.07) is 4.02. The minimum absolute atomic E-state index is 0.0298. The first-order valence-corrected chi connectivity index (χ1v) is 8.94. The summed E-state index contributed by atoms with van der Waals surface area (Å²) in [6.45, 7) is -4.72. The van der Waals surface area contributed by atoms with Gasteiger partial charge in [0, 0.05) is 25.9 Å². The van der Waals surface area contributed by atoms with Crippen LogP contribution >= 0.6 is 11.6 Å². The smallest absolute Gasteiger partial charge is 0.414 e. The van der Waals surface area contributed by atoms with Gasteiger partial charge in [-0.25, -0.2) is 14.3 Å². The van der Waals surface area contributed by atoms with Crippen LogP contribution in [0.1, 0.15) is 40.3 Å². The van der Waals surface area contributed by atoms with E-state index in [0.717, 1.165) is 18.2 Å². The summed E-state index contributed by atoms with van der Waals surface area (Å²) in [5.41, 5.74) is -0.562. The van der Waals surface area contributed by atoms with Crippen molar-refractivity contribution in [2.75, 3.05) is 12.0 Å². The van der Waals surface area contributed by atoms with Crippen molar-refractivity contribution in [1.29, 1.82) is 5.26 Å². The van der Waals surface area contributed by atoms with Crippen LogP contribution in [0.2, 0.25) is 5.02 Å². The lowest BCUT2D eigenvalue weighted by Gasteiger charge is -2.11. The van der Waals surface area contributed by atoms with Crippen molar-refractivity contribution in [2.24, 2.45) is 5.10 Å². The highest BCUT2D eigenvalue weighted by Gasteiger charge is 2.17. The fraction of sp³-hybridized carbons (Fsp3) is 0.263. The van der Waals surface area contributed by atoms with E-state index in [1.54, 1.807) is 5.32 Å². The molecule has 168 valence electrons. The van der Waals surface area contributed by atoms with E-state index >= 15 is 0 Å². The topological polar surface area (TPSA) is 159 Å². The van der Waals surface area contributed by atoms with Gasteiger partial charge in [-0.05, 0) is 18.9 Å². The van der Waals surface area contributed by atoms with Gasteiger partial charge in [0.05, 0.1) is 17.3 Å². The zero-order valence-corrected chi connectivity index (χ0v) is 16.9.